The Morgan fingerprint density at radius 3 is 2.70 bits per heavy atom. The molecule has 0 radical (unpaired) electrons. The molecule has 20 heavy (non-hydrogen) atoms. The summed E-state index contributed by atoms with van der Waals surface area (Å²) in [5.41, 5.74) is 4.87. The highest BCUT2D eigenvalue weighted by Crippen LogP contribution is 2.09. The van der Waals surface area contributed by atoms with Crippen LogP contribution in [-0.2, 0) is 11.2 Å². The lowest BCUT2D eigenvalue weighted by atomic mass is 10.1. The van der Waals surface area contributed by atoms with Gasteiger partial charge in [-0.2, -0.15) is 5.10 Å². The van der Waals surface area contributed by atoms with Gasteiger partial charge < -0.3 is 5.11 Å². The van der Waals surface area contributed by atoms with Crippen molar-refractivity contribution in [2.75, 3.05) is 0 Å². The molecule has 2 rings (SSSR count). The zero-order valence-electron chi connectivity index (χ0n) is 11.1. The Bertz CT molecular complexity index is 607. The van der Waals surface area contributed by atoms with Gasteiger partial charge in [0.15, 0.2) is 0 Å². The third-order valence-corrected chi connectivity index (χ3v) is 2.73. The molecule has 0 bridgehead atoms. The van der Waals surface area contributed by atoms with E-state index in [4.69, 9.17) is 5.11 Å². The topological polar surface area (TPSA) is 74.6 Å². The molecule has 0 aliphatic heterocycles. The lowest BCUT2D eigenvalue weighted by molar-refractivity contribution is -0.120. The summed E-state index contributed by atoms with van der Waals surface area (Å²) < 4.78 is 0. The van der Waals surface area contributed by atoms with Crippen molar-refractivity contribution in [2.24, 2.45) is 5.10 Å². The number of carbonyl (C=O) groups is 1. The molecular formula is C15H15N3O2. The Kier molecular flexibility index (Phi) is 4.44. The molecule has 0 saturated carbocycles. The van der Waals surface area contributed by atoms with Crippen LogP contribution in [0, 0.1) is 0 Å². The van der Waals surface area contributed by atoms with Crippen LogP contribution >= 0.6 is 0 Å². The van der Waals surface area contributed by atoms with Gasteiger partial charge >= 0.3 is 0 Å². The highest BCUT2D eigenvalue weighted by Gasteiger charge is 2.03. The fourth-order valence-electron chi connectivity index (χ4n) is 1.63. The number of aromatic nitrogens is 1. The first-order chi connectivity index (χ1) is 9.65. The van der Waals surface area contributed by atoms with Crippen LogP contribution in [0.5, 0.6) is 5.75 Å². The van der Waals surface area contributed by atoms with E-state index >= 15 is 0 Å². The summed E-state index contributed by atoms with van der Waals surface area (Å²) in [4.78, 5) is 15.7. The first-order valence-electron chi connectivity index (χ1n) is 6.16. The molecule has 0 aliphatic rings. The molecule has 1 amide bonds. The maximum Gasteiger partial charge on any atom is 0.244 e. The first kappa shape index (κ1) is 13.7. The van der Waals surface area contributed by atoms with Gasteiger partial charge in [0.2, 0.25) is 5.91 Å². The third kappa shape index (κ3) is 3.91. The van der Waals surface area contributed by atoms with E-state index < -0.39 is 0 Å². The van der Waals surface area contributed by atoms with E-state index in [1.165, 1.54) is 0 Å². The first-order valence-corrected chi connectivity index (χ1v) is 6.16. The van der Waals surface area contributed by atoms with Gasteiger partial charge in [-0.25, -0.2) is 5.43 Å². The summed E-state index contributed by atoms with van der Waals surface area (Å²) in [7, 11) is 0. The smallest absolute Gasteiger partial charge is 0.244 e. The van der Waals surface area contributed by atoms with Gasteiger partial charge in [-0.3, -0.25) is 9.78 Å². The summed E-state index contributed by atoms with van der Waals surface area (Å²) in [6.07, 6.45) is 3.58. The normalized spacial score (nSPS) is 11.2. The van der Waals surface area contributed by atoms with Crippen molar-refractivity contribution in [1.29, 1.82) is 0 Å². The molecule has 102 valence electrons. The minimum absolute atomic E-state index is 0.180. The van der Waals surface area contributed by atoms with Gasteiger partial charge in [0, 0.05) is 18.0 Å². The average molecular weight is 269 g/mol. The fraction of sp³-hybridized carbons (Fsp3) is 0.133. The molecular weight excluding hydrogens is 254 g/mol. The molecule has 0 atom stereocenters. The van der Waals surface area contributed by atoms with Gasteiger partial charge in [-0.05, 0) is 30.7 Å². The molecule has 0 spiro atoms. The van der Waals surface area contributed by atoms with Gasteiger partial charge in [0.05, 0.1) is 12.1 Å². The predicted octanol–water partition coefficient (Wildman–Crippen LogP) is 1.87. The lowest BCUT2D eigenvalue weighted by Crippen LogP contribution is -2.21. The number of nitrogens with one attached hydrogen (secondary N) is 1. The molecule has 0 fully saturated rings. The Balaban J connectivity index is 1.93. The van der Waals surface area contributed by atoms with Crippen LogP contribution in [0.1, 0.15) is 18.1 Å². The van der Waals surface area contributed by atoms with Gasteiger partial charge in [0.1, 0.15) is 5.75 Å². The number of aromatic hydroxyl groups is 1. The van der Waals surface area contributed by atoms with Gasteiger partial charge in [-0.1, -0.05) is 18.2 Å². The Morgan fingerprint density at radius 1 is 1.30 bits per heavy atom. The van der Waals surface area contributed by atoms with Crippen LogP contribution in [0.4, 0.5) is 0 Å². The second-order valence-electron chi connectivity index (χ2n) is 4.32. The van der Waals surface area contributed by atoms with Crippen LogP contribution in [-0.4, -0.2) is 21.7 Å². The Morgan fingerprint density at radius 2 is 2.05 bits per heavy atom. The van der Waals surface area contributed by atoms with Crippen molar-refractivity contribution in [3.63, 3.8) is 0 Å². The summed E-state index contributed by atoms with van der Waals surface area (Å²) in [6, 6.07) is 10.2. The molecule has 0 aliphatic carbocycles. The molecule has 2 N–H and O–H groups in total. The monoisotopic (exact) mass is 269 g/mol. The molecule has 0 saturated heterocycles. The standard InChI is InChI=1S/C15H15N3O2/c1-11(13-3-2-8-16-10-13)17-18-15(20)9-12-4-6-14(19)7-5-12/h2-8,10,19H,9H2,1H3,(H,18,20)/b17-11-. The Hall–Kier alpha value is -2.69. The zero-order valence-corrected chi connectivity index (χ0v) is 11.1. The molecule has 1 aromatic carbocycles. The number of hydrazone groups is 1. The number of amides is 1. The number of carbonyl (C=O) groups excluding carboxylic acids is 1. The number of pyridine rings is 1. The van der Waals surface area contributed by atoms with Crippen molar-refractivity contribution in [3.05, 3.63) is 59.9 Å². The minimum atomic E-state index is -0.209. The second-order valence-corrected chi connectivity index (χ2v) is 4.32. The maximum atomic E-state index is 11.7. The third-order valence-electron chi connectivity index (χ3n) is 2.73. The van der Waals surface area contributed by atoms with E-state index in [0.29, 0.717) is 5.71 Å². The predicted molar refractivity (Wildman–Crippen MR) is 76.4 cm³/mol. The van der Waals surface area contributed by atoms with Crippen molar-refractivity contribution < 1.29 is 9.90 Å². The molecule has 5 heteroatoms. The van der Waals surface area contributed by atoms with Gasteiger partial charge in [0.25, 0.3) is 0 Å². The number of hydrogen-bond donors (Lipinski definition) is 2. The maximum absolute atomic E-state index is 11.7. The Labute approximate surface area is 117 Å². The van der Waals surface area contributed by atoms with E-state index in [-0.39, 0.29) is 18.1 Å². The van der Waals surface area contributed by atoms with Crippen LogP contribution < -0.4 is 5.43 Å². The summed E-state index contributed by atoms with van der Waals surface area (Å²) >= 11 is 0. The van der Waals surface area contributed by atoms with E-state index in [1.807, 2.05) is 12.1 Å². The number of benzene rings is 1. The highest BCUT2D eigenvalue weighted by atomic mass is 16.3. The van der Waals surface area contributed by atoms with Crippen molar-refractivity contribution >= 4 is 11.6 Å². The van der Waals surface area contributed by atoms with Crippen LogP contribution in [0.2, 0.25) is 0 Å². The lowest BCUT2D eigenvalue weighted by Gasteiger charge is -2.03. The molecule has 2 aromatic rings. The number of nitrogens with zero attached hydrogens (tertiary/aromatic N) is 2. The van der Waals surface area contributed by atoms with Crippen LogP contribution in [0.3, 0.4) is 0 Å². The largest absolute Gasteiger partial charge is 0.508 e. The second kappa shape index (κ2) is 6.47. The van der Waals surface area contributed by atoms with E-state index in [2.05, 4.69) is 15.5 Å². The number of hydrogen-bond acceptors (Lipinski definition) is 4. The van der Waals surface area contributed by atoms with Gasteiger partial charge in [-0.15, -0.1) is 0 Å². The summed E-state index contributed by atoms with van der Waals surface area (Å²) in [5, 5.41) is 13.2. The van der Waals surface area contributed by atoms with Crippen molar-refractivity contribution in [3.8, 4) is 5.75 Å². The number of phenolic OH excluding ortho intramolecular Hbond substituents is 1. The minimum Gasteiger partial charge on any atom is -0.508 e. The summed E-state index contributed by atoms with van der Waals surface area (Å²) in [6.45, 7) is 1.80. The van der Waals surface area contributed by atoms with Crippen LogP contribution in [0.15, 0.2) is 53.9 Å². The van der Waals surface area contributed by atoms with Crippen LogP contribution in [0.25, 0.3) is 0 Å². The highest BCUT2D eigenvalue weighted by molar-refractivity contribution is 5.98. The number of rotatable bonds is 4. The summed E-state index contributed by atoms with van der Waals surface area (Å²) in [5.74, 6) is -0.0291. The van der Waals surface area contributed by atoms with E-state index in [9.17, 15) is 4.79 Å². The van der Waals surface area contributed by atoms with E-state index in [0.717, 1.165) is 11.1 Å². The molecule has 1 aromatic heterocycles. The average Bonchev–Trinajstić information content (AvgIpc) is 2.48. The molecule has 1 heterocycles. The SMILES string of the molecule is C/C(=N/NC(=O)Cc1ccc(O)cc1)c1cccnc1. The fourth-order valence-corrected chi connectivity index (χ4v) is 1.63. The number of phenols is 1. The molecule has 5 nitrogen and oxygen atoms in total. The van der Waals surface area contributed by atoms with Crippen molar-refractivity contribution in [2.45, 2.75) is 13.3 Å². The van der Waals surface area contributed by atoms with E-state index in [1.54, 1.807) is 43.6 Å². The quantitative estimate of drug-likeness (QED) is 0.657. The van der Waals surface area contributed by atoms with Crippen molar-refractivity contribution in [1.82, 2.24) is 10.4 Å². The molecule has 0 unspecified atom stereocenters. The zero-order chi connectivity index (χ0) is 14.4.